The molecule has 0 aromatic heterocycles. The lowest BCUT2D eigenvalue weighted by molar-refractivity contribution is 0.598. The van der Waals surface area contributed by atoms with Crippen LogP contribution in [0, 0.1) is 12.7 Å². The first-order valence-electron chi connectivity index (χ1n) is 5.75. The monoisotopic (exact) mass is 392 g/mol. The van der Waals surface area contributed by atoms with Gasteiger partial charge in [-0.05, 0) is 46.6 Å². The van der Waals surface area contributed by atoms with Crippen molar-refractivity contribution in [1.82, 2.24) is 0 Å². The maximum Gasteiger partial charge on any atom is 0.263 e. The minimum Gasteiger partial charge on any atom is -0.398 e. The smallest absolute Gasteiger partial charge is 0.263 e. The van der Waals surface area contributed by atoms with Gasteiger partial charge < -0.3 is 5.73 Å². The van der Waals surface area contributed by atoms with Crippen LogP contribution in [0.5, 0.6) is 0 Å². The molecule has 21 heavy (non-hydrogen) atoms. The molecule has 8 heteroatoms. The third-order valence-electron chi connectivity index (χ3n) is 2.78. The molecule has 2 rings (SSSR count). The molecular weight excluding hydrogens is 383 g/mol. The summed E-state index contributed by atoms with van der Waals surface area (Å²) >= 11 is 8.93. The van der Waals surface area contributed by atoms with Gasteiger partial charge in [-0.15, -0.1) is 0 Å². The van der Waals surface area contributed by atoms with Gasteiger partial charge in [0.05, 0.1) is 10.2 Å². The summed E-state index contributed by atoms with van der Waals surface area (Å²) in [6, 6.07) is 6.92. The van der Waals surface area contributed by atoms with E-state index in [4.69, 9.17) is 17.3 Å². The van der Waals surface area contributed by atoms with Gasteiger partial charge in [0.2, 0.25) is 0 Å². The van der Waals surface area contributed by atoms with Crippen LogP contribution in [-0.2, 0) is 10.0 Å². The molecular formula is C13H11BrClFN2O2S. The lowest BCUT2D eigenvalue weighted by Gasteiger charge is -2.13. The molecule has 0 aliphatic rings. The van der Waals surface area contributed by atoms with Crippen LogP contribution in [0.4, 0.5) is 15.8 Å². The summed E-state index contributed by atoms with van der Waals surface area (Å²) in [5.74, 6) is -0.662. The zero-order valence-electron chi connectivity index (χ0n) is 10.8. The van der Waals surface area contributed by atoms with E-state index < -0.39 is 15.8 Å². The number of nitrogens with two attached hydrogens (primary N) is 1. The lowest BCUT2D eigenvalue weighted by atomic mass is 10.2. The van der Waals surface area contributed by atoms with Crippen LogP contribution in [0.15, 0.2) is 39.7 Å². The van der Waals surface area contributed by atoms with Gasteiger partial charge in [0.25, 0.3) is 10.0 Å². The SMILES string of the molecule is Cc1cccc(F)c1NS(=O)(=O)c1cc(Cl)cc(N)c1Br. The van der Waals surface area contributed by atoms with Crippen molar-refractivity contribution in [3.63, 3.8) is 0 Å². The number of hydrogen-bond acceptors (Lipinski definition) is 3. The average molecular weight is 394 g/mol. The van der Waals surface area contributed by atoms with Gasteiger partial charge in [-0.25, -0.2) is 12.8 Å². The highest BCUT2D eigenvalue weighted by Crippen LogP contribution is 2.33. The largest absolute Gasteiger partial charge is 0.398 e. The predicted octanol–water partition coefficient (Wildman–Crippen LogP) is 3.93. The first kappa shape index (κ1) is 16.1. The normalized spacial score (nSPS) is 11.4. The first-order chi connectivity index (χ1) is 9.72. The Bertz CT molecular complexity index is 792. The number of sulfonamides is 1. The van der Waals surface area contributed by atoms with Crippen molar-refractivity contribution in [2.24, 2.45) is 0 Å². The van der Waals surface area contributed by atoms with E-state index >= 15 is 0 Å². The van der Waals surface area contributed by atoms with Gasteiger partial charge in [-0.2, -0.15) is 0 Å². The summed E-state index contributed by atoms with van der Waals surface area (Å²) in [4.78, 5) is -0.157. The molecule has 0 spiro atoms. The topological polar surface area (TPSA) is 72.2 Å². The lowest BCUT2D eigenvalue weighted by Crippen LogP contribution is -2.16. The Balaban J connectivity index is 2.54. The van der Waals surface area contributed by atoms with Gasteiger partial charge in [0.15, 0.2) is 0 Å². The van der Waals surface area contributed by atoms with Crippen LogP contribution in [0.25, 0.3) is 0 Å². The fourth-order valence-electron chi connectivity index (χ4n) is 1.73. The van der Waals surface area contributed by atoms with Crippen molar-refractivity contribution in [3.05, 3.63) is 51.2 Å². The molecule has 2 aromatic carbocycles. The van der Waals surface area contributed by atoms with E-state index in [1.807, 2.05) is 0 Å². The molecule has 0 saturated carbocycles. The summed E-state index contributed by atoms with van der Waals surface area (Å²) in [7, 11) is -4.04. The van der Waals surface area contributed by atoms with Crippen molar-refractivity contribution in [2.45, 2.75) is 11.8 Å². The second-order valence-electron chi connectivity index (χ2n) is 4.34. The quantitative estimate of drug-likeness (QED) is 0.776. The van der Waals surface area contributed by atoms with Gasteiger partial charge in [0, 0.05) is 10.7 Å². The zero-order valence-corrected chi connectivity index (χ0v) is 14.0. The van der Waals surface area contributed by atoms with Crippen molar-refractivity contribution in [2.75, 3.05) is 10.5 Å². The van der Waals surface area contributed by atoms with Crippen LogP contribution >= 0.6 is 27.5 Å². The Morgan fingerprint density at radius 1 is 1.33 bits per heavy atom. The fraction of sp³-hybridized carbons (Fsp3) is 0.0769. The number of rotatable bonds is 3. The third kappa shape index (κ3) is 3.30. The van der Waals surface area contributed by atoms with E-state index in [1.165, 1.54) is 24.3 Å². The third-order valence-corrected chi connectivity index (χ3v) is 5.52. The molecule has 2 aromatic rings. The number of nitrogen functional groups attached to an aromatic ring is 1. The van der Waals surface area contributed by atoms with Gasteiger partial charge in [-0.1, -0.05) is 23.7 Å². The van der Waals surface area contributed by atoms with E-state index in [9.17, 15) is 12.8 Å². The number of nitrogens with one attached hydrogen (secondary N) is 1. The molecule has 0 atom stereocenters. The van der Waals surface area contributed by atoms with Crippen molar-refractivity contribution in [3.8, 4) is 0 Å². The highest BCUT2D eigenvalue weighted by atomic mass is 79.9. The fourth-order valence-corrected chi connectivity index (χ4v) is 4.16. The Hall–Kier alpha value is -1.31. The molecule has 0 amide bonds. The molecule has 112 valence electrons. The van der Waals surface area contributed by atoms with Crippen LogP contribution in [0.3, 0.4) is 0 Å². The van der Waals surface area contributed by atoms with Gasteiger partial charge >= 0.3 is 0 Å². The van der Waals surface area contributed by atoms with E-state index in [2.05, 4.69) is 20.7 Å². The van der Waals surface area contributed by atoms with Gasteiger partial charge in [-0.3, -0.25) is 4.72 Å². The Labute approximate surface area is 135 Å². The minimum atomic E-state index is -4.04. The van der Waals surface area contributed by atoms with Crippen LogP contribution in [0.1, 0.15) is 5.56 Å². The van der Waals surface area contributed by atoms with E-state index in [-0.39, 0.29) is 25.8 Å². The standard InChI is InChI=1S/C13H11BrClFN2O2S/c1-7-3-2-4-9(16)13(7)18-21(19,20)11-6-8(15)5-10(17)12(11)14/h2-6,18H,17H2,1H3. The Kier molecular flexibility index (Phi) is 4.46. The molecule has 4 nitrogen and oxygen atoms in total. The van der Waals surface area contributed by atoms with Crippen LogP contribution < -0.4 is 10.5 Å². The highest BCUT2D eigenvalue weighted by molar-refractivity contribution is 9.10. The summed E-state index contributed by atoms with van der Waals surface area (Å²) in [5.41, 5.74) is 6.20. The number of aryl methyl sites for hydroxylation is 1. The number of hydrogen-bond donors (Lipinski definition) is 2. The van der Waals surface area contributed by atoms with Crippen molar-refractivity contribution >= 4 is 48.9 Å². The predicted molar refractivity (Wildman–Crippen MR) is 85.5 cm³/mol. The van der Waals surface area contributed by atoms with Gasteiger partial charge in [0.1, 0.15) is 10.7 Å². The minimum absolute atomic E-state index is 0.108. The molecule has 0 unspecified atom stereocenters. The molecule has 0 aliphatic heterocycles. The van der Waals surface area contributed by atoms with Crippen LogP contribution in [0.2, 0.25) is 5.02 Å². The summed E-state index contributed by atoms with van der Waals surface area (Å²) in [6.45, 7) is 1.60. The maximum absolute atomic E-state index is 13.8. The Morgan fingerprint density at radius 2 is 2.00 bits per heavy atom. The van der Waals surface area contributed by atoms with E-state index in [0.717, 1.165) is 0 Å². The number of benzene rings is 2. The summed E-state index contributed by atoms with van der Waals surface area (Å²) < 4.78 is 41.0. The molecule has 0 bridgehead atoms. The van der Waals surface area contributed by atoms with Crippen molar-refractivity contribution < 1.29 is 12.8 Å². The molecule has 0 heterocycles. The van der Waals surface area contributed by atoms with Crippen LogP contribution in [-0.4, -0.2) is 8.42 Å². The number of anilines is 2. The molecule has 0 radical (unpaired) electrons. The average Bonchev–Trinajstić information content (AvgIpc) is 2.38. The zero-order chi connectivity index (χ0) is 15.8. The maximum atomic E-state index is 13.8. The van der Waals surface area contributed by atoms with Crippen molar-refractivity contribution in [1.29, 1.82) is 0 Å². The molecule has 0 aliphatic carbocycles. The highest BCUT2D eigenvalue weighted by Gasteiger charge is 2.22. The number of para-hydroxylation sites is 1. The number of halogens is 3. The molecule has 0 saturated heterocycles. The van der Waals surface area contributed by atoms with E-state index in [1.54, 1.807) is 13.0 Å². The second kappa shape index (κ2) is 5.82. The van der Waals surface area contributed by atoms with E-state index in [0.29, 0.717) is 5.56 Å². The first-order valence-corrected chi connectivity index (χ1v) is 8.40. The summed E-state index contributed by atoms with van der Waals surface area (Å²) in [5, 5.41) is 0.168. The summed E-state index contributed by atoms with van der Waals surface area (Å²) in [6.07, 6.45) is 0. The molecule has 0 fully saturated rings. The Morgan fingerprint density at radius 3 is 2.62 bits per heavy atom. The molecule has 3 N–H and O–H groups in total. The second-order valence-corrected chi connectivity index (χ2v) is 7.22.